The Hall–Kier alpha value is -2.93. The summed E-state index contributed by atoms with van der Waals surface area (Å²) in [6.45, 7) is 1.74. The van der Waals surface area contributed by atoms with Gasteiger partial charge in [-0.05, 0) is 60.4 Å². The summed E-state index contributed by atoms with van der Waals surface area (Å²) < 4.78 is 16.9. The lowest BCUT2D eigenvalue weighted by Crippen LogP contribution is -2.43. The zero-order valence-electron chi connectivity index (χ0n) is 18.9. The molecule has 1 amide bonds. The number of halogens is 2. The fraction of sp³-hybridized carbons (Fsp3) is 0.296. The summed E-state index contributed by atoms with van der Waals surface area (Å²) in [5.74, 6) is 1.23. The number of ether oxygens (including phenoxy) is 3. The number of rotatable bonds is 4. The monoisotopic (exact) mass is 510 g/mol. The molecule has 0 spiro atoms. The number of fused-ring (bicyclic) bond motifs is 3. The molecule has 0 saturated carbocycles. The number of benzene rings is 2. The van der Waals surface area contributed by atoms with Crippen LogP contribution in [0.15, 0.2) is 48.5 Å². The molecular weight excluding hydrogens is 487 g/mol. The maximum Gasteiger partial charge on any atom is 0.416 e. The van der Waals surface area contributed by atoms with Crippen molar-refractivity contribution in [3.05, 3.63) is 80.9 Å². The quantitative estimate of drug-likeness (QED) is 0.535. The fourth-order valence-electron chi connectivity index (χ4n) is 4.85. The number of alkyl halides is 1. The molecule has 1 aromatic heterocycles. The second-order valence-corrected chi connectivity index (χ2v) is 9.98. The van der Waals surface area contributed by atoms with Crippen molar-refractivity contribution in [3.8, 4) is 11.5 Å². The lowest BCUT2D eigenvalue weighted by Gasteiger charge is -2.35. The van der Waals surface area contributed by atoms with Gasteiger partial charge in [-0.25, -0.2) is 4.79 Å². The lowest BCUT2D eigenvalue weighted by atomic mass is 9.92. The Morgan fingerprint density at radius 2 is 1.80 bits per heavy atom. The largest absolute Gasteiger partial charge is 0.486 e. The number of carbonyl (C=O) groups excluding carboxylic acids is 1. The highest BCUT2D eigenvalue weighted by atomic mass is 35.5. The van der Waals surface area contributed by atoms with Crippen molar-refractivity contribution in [3.63, 3.8) is 0 Å². The average Bonchev–Trinajstić information content (AvgIpc) is 3.20. The smallest absolute Gasteiger partial charge is 0.416 e. The maximum absolute atomic E-state index is 13.4. The molecule has 1 unspecified atom stereocenters. The number of carbonyl (C=O) groups is 1. The summed E-state index contributed by atoms with van der Waals surface area (Å²) in [4.78, 5) is 18.7. The van der Waals surface area contributed by atoms with E-state index >= 15 is 0 Å². The van der Waals surface area contributed by atoms with Gasteiger partial charge in [-0.1, -0.05) is 35.9 Å². The Morgan fingerprint density at radius 1 is 1.06 bits per heavy atom. The van der Waals surface area contributed by atoms with Gasteiger partial charge in [0.15, 0.2) is 0 Å². The topological polar surface area (TPSA) is 63.8 Å². The minimum absolute atomic E-state index is 0.0272. The van der Waals surface area contributed by atoms with Crippen molar-refractivity contribution >= 4 is 41.4 Å². The predicted octanol–water partition coefficient (Wildman–Crippen LogP) is 4.16. The van der Waals surface area contributed by atoms with Gasteiger partial charge in [0, 0.05) is 27.8 Å². The highest BCUT2D eigenvalue weighted by molar-refractivity contribution is 6.30. The molecule has 3 aliphatic rings. The van der Waals surface area contributed by atoms with E-state index in [0.29, 0.717) is 37.0 Å². The van der Waals surface area contributed by atoms with Gasteiger partial charge in [0.1, 0.15) is 23.6 Å². The number of aromatic nitrogens is 1. The van der Waals surface area contributed by atoms with E-state index in [1.807, 2.05) is 24.3 Å². The van der Waals surface area contributed by atoms with E-state index in [1.54, 1.807) is 29.2 Å². The molecule has 1 saturated heterocycles. The number of amides is 1. The predicted molar refractivity (Wildman–Crippen MR) is 135 cm³/mol. The number of nitrogens with one attached hydrogen (secondary N) is 1. The Kier molecular flexibility index (Phi) is 5.96. The average molecular weight is 511 g/mol. The van der Waals surface area contributed by atoms with E-state index in [9.17, 15) is 4.79 Å². The molecule has 180 valence electrons. The van der Waals surface area contributed by atoms with Crippen molar-refractivity contribution in [2.24, 2.45) is 0 Å². The van der Waals surface area contributed by atoms with Crippen molar-refractivity contribution in [1.82, 2.24) is 9.88 Å². The number of aromatic amines is 1. The molecule has 0 bridgehead atoms. The fourth-order valence-corrected chi connectivity index (χ4v) is 5.20. The molecule has 35 heavy (non-hydrogen) atoms. The Morgan fingerprint density at radius 3 is 2.51 bits per heavy atom. The van der Waals surface area contributed by atoms with Crippen LogP contribution in [0, 0.1) is 0 Å². The van der Waals surface area contributed by atoms with Crippen LogP contribution in [-0.2, 0) is 11.2 Å². The van der Waals surface area contributed by atoms with Crippen LogP contribution in [-0.4, -0.2) is 47.2 Å². The maximum atomic E-state index is 13.4. The van der Waals surface area contributed by atoms with E-state index in [2.05, 4.69) is 17.1 Å². The van der Waals surface area contributed by atoms with Crippen LogP contribution in [0.5, 0.6) is 11.5 Å². The normalized spacial score (nSPS) is 21.1. The summed E-state index contributed by atoms with van der Waals surface area (Å²) in [5, 5.41) is 2.77. The second-order valence-electron chi connectivity index (χ2n) is 8.98. The molecule has 8 heteroatoms. The van der Waals surface area contributed by atoms with Crippen molar-refractivity contribution in [2.75, 3.05) is 19.8 Å². The molecule has 1 fully saturated rings. The van der Waals surface area contributed by atoms with Gasteiger partial charge in [0.05, 0.1) is 18.6 Å². The molecule has 3 heterocycles. The molecule has 1 N–H and O–H groups in total. The molecule has 3 aromatic rings. The van der Waals surface area contributed by atoms with Crippen LogP contribution in [0.3, 0.4) is 0 Å². The Bertz CT molecular complexity index is 1360. The summed E-state index contributed by atoms with van der Waals surface area (Å²) in [5.41, 5.74) is 3.17. The number of hydrogen-bond acceptors (Lipinski definition) is 4. The SMILES string of the molecule is O=C(Oc1ccc(Cl)cc1)N1CCc2c([nH]c3c2=CC(Cl)CC=3)[C@@H]1c1ccc(OC2COC2)cc1. The van der Waals surface area contributed by atoms with E-state index in [1.165, 1.54) is 5.56 Å². The zero-order chi connectivity index (χ0) is 23.9. The number of hydrogen-bond donors (Lipinski definition) is 1. The summed E-state index contributed by atoms with van der Waals surface area (Å²) in [7, 11) is 0. The van der Waals surface area contributed by atoms with E-state index in [-0.39, 0.29) is 17.5 Å². The molecule has 0 radical (unpaired) electrons. The van der Waals surface area contributed by atoms with Crippen LogP contribution >= 0.6 is 23.2 Å². The van der Waals surface area contributed by atoms with E-state index in [4.69, 9.17) is 37.4 Å². The first-order chi connectivity index (χ1) is 17.0. The first-order valence-corrected chi connectivity index (χ1v) is 12.5. The van der Waals surface area contributed by atoms with Gasteiger partial charge in [-0.3, -0.25) is 4.90 Å². The van der Waals surface area contributed by atoms with E-state index in [0.717, 1.165) is 34.0 Å². The Labute approximate surface area is 212 Å². The van der Waals surface area contributed by atoms with Gasteiger partial charge in [0.2, 0.25) is 0 Å². The summed E-state index contributed by atoms with van der Waals surface area (Å²) >= 11 is 12.4. The van der Waals surface area contributed by atoms with Crippen LogP contribution < -0.4 is 20.0 Å². The molecule has 6 rings (SSSR count). The number of nitrogens with zero attached hydrogens (tertiary/aromatic N) is 1. The number of H-pyrrole nitrogens is 1. The molecule has 2 aromatic carbocycles. The van der Waals surface area contributed by atoms with Crippen molar-refractivity contribution < 1.29 is 19.0 Å². The highest BCUT2D eigenvalue weighted by Crippen LogP contribution is 2.34. The first kappa shape index (κ1) is 22.5. The molecule has 2 aliphatic heterocycles. The van der Waals surface area contributed by atoms with Crippen LogP contribution in [0.2, 0.25) is 5.02 Å². The first-order valence-electron chi connectivity index (χ1n) is 11.7. The highest BCUT2D eigenvalue weighted by Gasteiger charge is 2.35. The standard InChI is InChI=1S/C27H24Cl2N2O4/c28-17-3-8-20(9-4-17)35-27(32)31-12-11-22-23-13-18(29)5-10-24(23)30-25(22)26(31)16-1-6-19(7-2-16)34-21-14-33-15-21/h1-4,6-10,13,18,21,26,30H,5,11-12,14-15H2/t18?,26-/m0/s1. The van der Waals surface area contributed by atoms with Gasteiger partial charge in [0.25, 0.3) is 0 Å². The van der Waals surface area contributed by atoms with Crippen molar-refractivity contribution in [1.29, 1.82) is 0 Å². The lowest BCUT2D eigenvalue weighted by molar-refractivity contribution is -0.0796. The molecular formula is C27H24Cl2N2O4. The van der Waals surface area contributed by atoms with Gasteiger partial charge in [-0.2, -0.15) is 0 Å². The third-order valence-corrected chi connectivity index (χ3v) is 7.21. The summed E-state index contributed by atoms with van der Waals surface area (Å²) in [6.07, 6.45) is 5.42. The molecule has 6 nitrogen and oxygen atoms in total. The Balaban J connectivity index is 1.36. The van der Waals surface area contributed by atoms with Gasteiger partial charge >= 0.3 is 6.09 Å². The van der Waals surface area contributed by atoms with Crippen LogP contribution in [0.1, 0.15) is 29.3 Å². The summed E-state index contributed by atoms with van der Waals surface area (Å²) in [6, 6.07) is 14.4. The van der Waals surface area contributed by atoms with Gasteiger partial charge in [-0.15, -0.1) is 11.6 Å². The second kappa shape index (κ2) is 9.26. The van der Waals surface area contributed by atoms with Gasteiger partial charge < -0.3 is 19.2 Å². The zero-order valence-corrected chi connectivity index (χ0v) is 20.4. The van der Waals surface area contributed by atoms with E-state index < -0.39 is 6.09 Å². The molecule has 2 atom stereocenters. The van der Waals surface area contributed by atoms with Crippen molar-refractivity contribution in [2.45, 2.75) is 30.4 Å². The minimum atomic E-state index is -0.411. The van der Waals surface area contributed by atoms with Crippen LogP contribution in [0.4, 0.5) is 4.79 Å². The minimum Gasteiger partial charge on any atom is -0.486 e. The molecule has 1 aliphatic carbocycles. The third-order valence-electron chi connectivity index (χ3n) is 6.65. The van der Waals surface area contributed by atoms with Crippen LogP contribution in [0.25, 0.3) is 12.2 Å². The third kappa shape index (κ3) is 4.42.